The number of ether oxygens (including phenoxy) is 1. The average molecular weight is 284 g/mol. The van der Waals surface area contributed by atoms with E-state index in [1.807, 2.05) is 29.7 Å². The maximum atomic E-state index is 13.5. The fraction of sp³-hybridized carbons (Fsp3) is 0.125. The van der Waals surface area contributed by atoms with Gasteiger partial charge < -0.3 is 9.14 Å². The van der Waals surface area contributed by atoms with Gasteiger partial charge in [0.25, 0.3) is 0 Å². The molecular formula is C16H13FN2O2. The second kappa shape index (κ2) is 5.36. The van der Waals surface area contributed by atoms with Crippen molar-refractivity contribution in [2.45, 2.75) is 13.5 Å². The summed E-state index contributed by atoms with van der Waals surface area (Å²) in [6.07, 6.45) is 3.72. The number of imidazole rings is 1. The third kappa shape index (κ3) is 2.76. The molecule has 1 aromatic carbocycles. The monoisotopic (exact) mass is 284 g/mol. The molecule has 3 rings (SSSR count). The van der Waals surface area contributed by atoms with Crippen LogP contribution in [0.2, 0.25) is 0 Å². The van der Waals surface area contributed by atoms with Gasteiger partial charge in [0.2, 0.25) is 0 Å². The second-order valence-corrected chi connectivity index (χ2v) is 4.76. The van der Waals surface area contributed by atoms with E-state index in [2.05, 4.69) is 4.98 Å². The highest BCUT2D eigenvalue weighted by Gasteiger charge is 2.13. The summed E-state index contributed by atoms with van der Waals surface area (Å²) in [5.74, 6) is -1.28. The fourth-order valence-corrected chi connectivity index (χ4v) is 2.07. The van der Waals surface area contributed by atoms with Gasteiger partial charge in [-0.2, -0.15) is 0 Å². The number of aryl methyl sites for hydroxylation is 1. The van der Waals surface area contributed by atoms with Crippen molar-refractivity contribution < 1.29 is 13.9 Å². The Bertz CT molecular complexity index is 811. The van der Waals surface area contributed by atoms with Gasteiger partial charge in [0.05, 0.1) is 11.3 Å². The van der Waals surface area contributed by atoms with Gasteiger partial charge in [0.15, 0.2) is 0 Å². The van der Waals surface area contributed by atoms with Crippen LogP contribution < -0.4 is 0 Å². The van der Waals surface area contributed by atoms with Crippen LogP contribution in [-0.2, 0) is 11.3 Å². The molecule has 0 spiro atoms. The zero-order valence-electron chi connectivity index (χ0n) is 11.4. The van der Waals surface area contributed by atoms with Crippen LogP contribution in [0.1, 0.15) is 21.6 Å². The molecule has 2 heterocycles. The van der Waals surface area contributed by atoms with E-state index in [-0.39, 0.29) is 12.2 Å². The van der Waals surface area contributed by atoms with E-state index < -0.39 is 11.8 Å². The zero-order valence-corrected chi connectivity index (χ0v) is 11.4. The smallest absolute Gasteiger partial charge is 0.341 e. The molecule has 0 bridgehead atoms. The third-order valence-corrected chi connectivity index (χ3v) is 3.09. The second-order valence-electron chi connectivity index (χ2n) is 4.76. The molecule has 0 atom stereocenters. The number of carbonyl (C=O) groups is 1. The van der Waals surface area contributed by atoms with Gasteiger partial charge in [-0.15, -0.1) is 0 Å². The van der Waals surface area contributed by atoms with E-state index in [1.165, 1.54) is 18.2 Å². The van der Waals surface area contributed by atoms with Crippen molar-refractivity contribution in [2.75, 3.05) is 0 Å². The Kier molecular flexibility index (Phi) is 3.39. The van der Waals surface area contributed by atoms with Crippen molar-refractivity contribution in [3.8, 4) is 0 Å². The molecule has 0 saturated carbocycles. The molecule has 106 valence electrons. The van der Waals surface area contributed by atoms with Crippen molar-refractivity contribution in [1.29, 1.82) is 0 Å². The number of nitrogens with zero attached hydrogens (tertiary/aromatic N) is 2. The highest BCUT2D eigenvalue weighted by Crippen LogP contribution is 2.11. The Labute approximate surface area is 120 Å². The molecular weight excluding hydrogens is 271 g/mol. The first-order valence-electron chi connectivity index (χ1n) is 6.49. The van der Waals surface area contributed by atoms with Crippen LogP contribution in [0.25, 0.3) is 5.65 Å². The number of halogens is 1. The molecule has 0 aliphatic rings. The Morgan fingerprint density at radius 1 is 1.24 bits per heavy atom. The maximum Gasteiger partial charge on any atom is 0.341 e. The first-order chi connectivity index (χ1) is 10.1. The van der Waals surface area contributed by atoms with Crippen LogP contribution in [0, 0.1) is 12.7 Å². The maximum absolute atomic E-state index is 13.5. The summed E-state index contributed by atoms with van der Waals surface area (Å²) in [5.41, 5.74) is 2.43. The molecule has 3 aromatic rings. The van der Waals surface area contributed by atoms with Crippen LogP contribution >= 0.6 is 0 Å². The molecule has 0 unspecified atom stereocenters. The standard InChI is InChI=1S/C16H13FN2O2/c1-11-6-7-15-18-12(9-19(15)8-11)10-21-16(20)13-4-2-3-5-14(13)17/h2-9H,10H2,1H3. The minimum atomic E-state index is -0.693. The number of esters is 1. The SMILES string of the molecule is Cc1ccc2nc(COC(=O)c3ccccc3F)cn2c1. The summed E-state index contributed by atoms with van der Waals surface area (Å²) < 4.78 is 20.4. The molecule has 0 N–H and O–H groups in total. The predicted octanol–water partition coefficient (Wildman–Crippen LogP) is 3.14. The van der Waals surface area contributed by atoms with Crippen molar-refractivity contribution in [1.82, 2.24) is 9.38 Å². The molecule has 0 fully saturated rings. The van der Waals surface area contributed by atoms with Gasteiger partial charge in [-0.05, 0) is 30.7 Å². The molecule has 0 amide bonds. The van der Waals surface area contributed by atoms with Gasteiger partial charge in [-0.3, -0.25) is 0 Å². The number of hydrogen-bond donors (Lipinski definition) is 0. The summed E-state index contributed by atoms with van der Waals surface area (Å²) in [7, 11) is 0. The van der Waals surface area contributed by atoms with Gasteiger partial charge >= 0.3 is 5.97 Å². The molecule has 4 nitrogen and oxygen atoms in total. The highest BCUT2D eigenvalue weighted by atomic mass is 19.1. The van der Waals surface area contributed by atoms with E-state index in [0.29, 0.717) is 5.69 Å². The minimum absolute atomic E-state index is 0.00783. The number of carbonyl (C=O) groups excluding carboxylic acids is 1. The van der Waals surface area contributed by atoms with Gasteiger partial charge in [0.1, 0.15) is 18.1 Å². The Hall–Kier alpha value is -2.69. The first-order valence-corrected chi connectivity index (χ1v) is 6.49. The van der Waals surface area contributed by atoms with Crippen molar-refractivity contribution in [2.24, 2.45) is 0 Å². The van der Waals surface area contributed by atoms with Gasteiger partial charge in [0, 0.05) is 12.4 Å². The van der Waals surface area contributed by atoms with Gasteiger partial charge in [-0.1, -0.05) is 18.2 Å². The summed E-state index contributed by atoms with van der Waals surface area (Å²) in [6, 6.07) is 9.58. The fourth-order valence-electron chi connectivity index (χ4n) is 2.07. The number of hydrogen-bond acceptors (Lipinski definition) is 3. The number of fused-ring (bicyclic) bond motifs is 1. The quantitative estimate of drug-likeness (QED) is 0.694. The lowest BCUT2D eigenvalue weighted by Crippen LogP contribution is -2.07. The molecule has 0 radical (unpaired) electrons. The van der Waals surface area contributed by atoms with E-state index >= 15 is 0 Å². The largest absolute Gasteiger partial charge is 0.455 e. The lowest BCUT2D eigenvalue weighted by molar-refractivity contribution is 0.0463. The van der Waals surface area contributed by atoms with E-state index in [0.717, 1.165) is 11.2 Å². The van der Waals surface area contributed by atoms with Crippen LogP contribution in [-0.4, -0.2) is 15.4 Å². The van der Waals surface area contributed by atoms with Crippen LogP contribution in [0.4, 0.5) is 4.39 Å². The summed E-state index contributed by atoms with van der Waals surface area (Å²) >= 11 is 0. The number of aromatic nitrogens is 2. The summed E-state index contributed by atoms with van der Waals surface area (Å²) in [4.78, 5) is 16.1. The Morgan fingerprint density at radius 3 is 2.86 bits per heavy atom. The van der Waals surface area contributed by atoms with E-state index in [4.69, 9.17) is 4.74 Å². The average Bonchev–Trinajstić information content (AvgIpc) is 2.87. The van der Waals surface area contributed by atoms with E-state index in [1.54, 1.807) is 12.3 Å². The summed E-state index contributed by atoms with van der Waals surface area (Å²) in [6.45, 7) is 1.99. The molecule has 21 heavy (non-hydrogen) atoms. The Balaban J connectivity index is 1.74. The third-order valence-electron chi connectivity index (χ3n) is 3.09. The van der Waals surface area contributed by atoms with Crippen molar-refractivity contribution in [3.63, 3.8) is 0 Å². The molecule has 0 saturated heterocycles. The van der Waals surface area contributed by atoms with Crippen LogP contribution in [0.15, 0.2) is 48.8 Å². The van der Waals surface area contributed by atoms with Crippen molar-refractivity contribution >= 4 is 11.6 Å². The molecule has 0 aliphatic heterocycles. The minimum Gasteiger partial charge on any atom is -0.455 e. The number of benzene rings is 1. The zero-order chi connectivity index (χ0) is 14.8. The molecule has 0 aliphatic carbocycles. The first kappa shape index (κ1) is 13.3. The summed E-state index contributed by atoms with van der Waals surface area (Å²) in [5, 5.41) is 0. The van der Waals surface area contributed by atoms with Gasteiger partial charge in [-0.25, -0.2) is 14.2 Å². The van der Waals surface area contributed by atoms with Crippen LogP contribution in [0.5, 0.6) is 0 Å². The molecule has 5 heteroatoms. The number of rotatable bonds is 3. The normalized spacial score (nSPS) is 10.8. The highest BCUT2D eigenvalue weighted by molar-refractivity contribution is 5.89. The Morgan fingerprint density at radius 2 is 2.05 bits per heavy atom. The lowest BCUT2D eigenvalue weighted by Gasteiger charge is -2.03. The lowest BCUT2D eigenvalue weighted by atomic mass is 10.2. The van der Waals surface area contributed by atoms with E-state index in [9.17, 15) is 9.18 Å². The number of pyridine rings is 1. The predicted molar refractivity (Wildman–Crippen MR) is 75.4 cm³/mol. The molecule has 2 aromatic heterocycles. The topological polar surface area (TPSA) is 43.6 Å². The van der Waals surface area contributed by atoms with Crippen molar-refractivity contribution in [3.05, 3.63) is 71.4 Å². The van der Waals surface area contributed by atoms with Crippen LogP contribution in [0.3, 0.4) is 0 Å².